The number of carbonyl (C=O) groups is 1. The summed E-state index contributed by atoms with van der Waals surface area (Å²) in [6.45, 7) is 3.85. The highest BCUT2D eigenvalue weighted by Crippen LogP contribution is 2.32. The standard InChI is InChI=1S/C15H23N5O/c1-11(12-3-4-12)18-15(21)19-13-5-9-20(10-6-13)14-16-7-2-8-17-14/h2,7-8,11-13H,3-6,9-10H2,1H3,(H2,18,19,21)/t11-/m0/s1. The molecule has 6 nitrogen and oxygen atoms in total. The number of hydrogen-bond donors (Lipinski definition) is 2. The van der Waals surface area contributed by atoms with Gasteiger partial charge in [-0.05, 0) is 44.6 Å². The first-order valence-corrected chi connectivity index (χ1v) is 7.81. The molecule has 6 heteroatoms. The average molecular weight is 289 g/mol. The van der Waals surface area contributed by atoms with Gasteiger partial charge in [0.25, 0.3) is 0 Å². The Bertz CT molecular complexity index is 468. The molecule has 2 N–H and O–H groups in total. The van der Waals surface area contributed by atoms with E-state index < -0.39 is 0 Å². The summed E-state index contributed by atoms with van der Waals surface area (Å²) >= 11 is 0. The second kappa shape index (κ2) is 6.28. The van der Waals surface area contributed by atoms with Crippen LogP contribution in [0.25, 0.3) is 0 Å². The van der Waals surface area contributed by atoms with Crippen molar-refractivity contribution in [3.05, 3.63) is 18.5 Å². The van der Waals surface area contributed by atoms with Crippen molar-refractivity contribution in [2.24, 2.45) is 5.92 Å². The smallest absolute Gasteiger partial charge is 0.315 e. The van der Waals surface area contributed by atoms with Gasteiger partial charge in [0.2, 0.25) is 5.95 Å². The third kappa shape index (κ3) is 3.83. The Morgan fingerprint density at radius 2 is 1.90 bits per heavy atom. The molecule has 0 aromatic carbocycles. The molecule has 0 radical (unpaired) electrons. The molecule has 0 bridgehead atoms. The first-order valence-electron chi connectivity index (χ1n) is 7.81. The van der Waals surface area contributed by atoms with Crippen LogP contribution in [0.5, 0.6) is 0 Å². The molecular formula is C15H23N5O. The maximum atomic E-state index is 11.9. The van der Waals surface area contributed by atoms with E-state index in [0.717, 1.165) is 31.9 Å². The van der Waals surface area contributed by atoms with Crippen LogP contribution in [0, 0.1) is 5.92 Å². The van der Waals surface area contributed by atoms with Crippen molar-refractivity contribution in [2.45, 2.75) is 44.7 Å². The minimum absolute atomic E-state index is 0.0242. The third-order valence-electron chi connectivity index (χ3n) is 4.35. The van der Waals surface area contributed by atoms with Crippen LogP contribution in [0.15, 0.2) is 18.5 Å². The Morgan fingerprint density at radius 1 is 1.24 bits per heavy atom. The highest BCUT2D eigenvalue weighted by Gasteiger charge is 2.29. The van der Waals surface area contributed by atoms with Crippen molar-refractivity contribution in [3.63, 3.8) is 0 Å². The zero-order valence-corrected chi connectivity index (χ0v) is 12.5. The van der Waals surface area contributed by atoms with Gasteiger partial charge in [-0.15, -0.1) is 0 Å². The Balaban J connectivity index is 1.42. The van der Waals surface area contributed by atoms with Crippen LogP contribution in [0.4, 0.5) is 10.7 Å². The molecule has 114 valence electrons. The Morgan fingerprint density at radius 3 is 2.52 bits per heavy atom. The molecule has 3 rings (SSSR count). The van der Waals surface area contributed by atoms with E-state index in [4.69, 9.17) is 0 Å². The van der Waals surface area contributed by atoms with Gasteiger partial charge in [-0.1, -0.05) is 0 Å². The van der Waals surface area contributed by atoms with E-state index in [1.165, 1.54) is 12.8 Å². The third-order valence-corrected chi connectivity index (χ3v) is 4.35. The Kier molecular flexibility index (Phi) is 4.22. The molecule has 1 aliphatic heterocycles. The predicted molar refractivity (Wildman–Crippen MR) is 81.1 cm³/mol. The SMILES string of the molecule is C[C@H](NC(=O)NC1CCN(c2ncccn2)CC1)C1CC1. The van der Waals surface area contributed by atoms with Gasteiger partial charge in [-0.3, -0.25) is 0 Å². The van der Waals surface area contributed by atoms with Crippen LogP contribution in [-0.4, -0.2) is 41.2 Å². The van der Waals surface area contributed by atoms with E-state index in [9.17, 15) is 4.79 Å². The topological polar surface area (TPSA) is 70.2 Å². The van der Waals surface area contributed by atoms with Gasteiger partial charge in [0, 0.05) is 37.6 Å². The highest BCUT2D eigenvalue weighted by molar-refractivity contribution is 5.74. The number of amides is 2. The lowest BCUT2D eigenvalue weighted by molar-refractivity contribution is 0.230. The molecule has 1 aromatic rings. The molecule has 0 spiro atoms. The number of nitrogens with one attached hydrogen (secondary N) is 2. The molecule has 2 aliphatic rings. The number of rotatable bonds is 4. The summed E-state index contributed by atoms with van der Waals surface area (Å²) in [5.74, 6) is 1.47. The number of aromatic nitrogens is 2. The van der Waals surface area contributed by atoms with Gasteiger partial charge in [0.05, 0.1) is 0 Å². The number of hydrogen-bond acceptors (Lipinski definition) is 4. The van der Waals surface area contributed by atoms with Crippen molar-refractivity contribution in [1.29, 1.82) is 0 Å². The van der Waals surface area contributed by atoms with Crippen molar-refractivity contribution in [2.75, 3.05) is 18.0 Å². The monoisotopic (exact) mass is 289 g/mol. The van der Waals surface area contributed by atoms with Crippen molar-refractivity contribution in [1.82, 2.24) is 20.6 Å². The summed E-state index contributed by atoms with van der Waals surface area (Å²) in [4.78, 5) is 22.7. The summed E-state index contributed by atoms with van der Waals surface area (Å²) in [7, 11) is 0. The fourth-order valence-electron chi connectivity index (χ4n) is 2.83. The van der Waals surface area contributed by atoms with E-state index in [-0.39, 0.29) is 12.1 Å². The molecule has 0 unspecified atom stereocenters. The second-order valence-electron chi connectivity index (χ2n) is 6.05. The van der Waals surface area contributed by atoms with Gasteiger partial charge >= 0.3 is 6.03 Å². The van der Waals surface area contributed by atoms with Crippen LogP contribution < -0.4 is 15.5 Å². The molecular weight excluding hydrogens is 266 g/mol. The zero-order chi connectivity index (χ0) is 14.7. The first kappa shape index (κ1) is 14.1. The molecule has 1 aromatic heterocycles. The number of nitrogens with zero attached hydrogens (tertiary/aromatic N) is 3. The van der Waals surface area contributed by atoms with Gasteiger partial charge in [-0.2, -0.15) is 0 Å². The van der Waals surface area contributed by atoms with E-state index in [2.05, 4.69) is 32.4 Å². The molecule has 2 heterocycles. The van der Waals surface area contributed by atoms with Crippen molar-refractivity contribution in [3.8, 4) is 0 Å². The van der Waals surface area contributed by atoms with Crippen LogP contribution in [0.2, 0.25) is 0 Å². The molecule has 21 heavy (non-hydrogen) atoms. The van der Waals surface area contributed by atoms with E-state index in [1.54, 1.807) is 12.4 Å². The largest absolute Gasteiger partial charge is 0.341 e. The highest BCUT2D eigenvalue weighted by atomic mass is 16.2. The summed E-state index contributed by atoms with van der Waals surface area (Å²) in [6, 6.07) is 2.34. The zero-order valence-electron chi connectivity index (χ0n) is 12.5. The van der Waals surface area contributed by atoms with Crippen LogP contribution >= 0.6 is 0 Å². The van der Waals surface area contributed by atoms with E-state index in [1.807, 2.05) is 6.07 Å². The minimum Gasteiger partial charge on any atom is -0.341 e. The molecule has 1 atom stereocenters. The molecule has 2 fully saturated rings. The maximum Gasteiger partial charge on any atom is 0.315 e. The van der Waals surface area contributed by atoms with Gasteiger partial charge in [-0.25, -0.2) is 14.8 Å². The van der Waals surface area contributed by atoms with Gasteiger partial charge in [0.15, 0.2) is 0 Å². The summed E-state index contributed by atoms with van der Waals surface area (Å²) in [6.07, 6.45) is 7.89. The van der Waals surface area contributed by atoms with Gasteiger partial charge < -0.3 is 15.5 Å². The lowest BCUT2D eigenvalue weighted by atomic mass is 10.1. The molecule has 1 saturated heterocycles. The fraction of sp³-hybridized carbons (Fsp3) is 0.667. The number of carbonyl (C=O) groups excluding carboxylic acids is 1. The first-order chi connectivity index (χ1) is 10.2. The van der Waals surface area contributed by atoms with Crippen LogP contribution in [0.1, 0.15) is 32.6 Å². The van der Waals surface area contributed by atoms with Crippen molar-refractivity contribution >= 4 is 12.0 Å². The summed E-state index contributed by atoms with van der Waals surface area (Å²) in [5, 5.41) is 6.13. The molecule has 1 aliphatic carbocycles. The number of piperidine rings is 1. The quantitative estimate of drug-likeness (QED) is 0.882. The number of urea groups is 1. The van der Waals surface area contributed by atoms with Crippen LogP contribution in [-0.2, 0) is 0 Å². The Hall–Kier alpha value is -1.85. The van der Waals surface area contributed by atoms with Crippen LogP contribution in [0.3, 0.4) is 0 Å². The molecule has 1 saturated carbocycles. The summed E-state index contributed by atoms with van der Waals surface area (Å²) in [5.41, 5.74) is 0. The second-order valence-corrected chi connectivity index (χ2v) is 6.05. The normalized spacial score (nSPS) is 20.9. The maximum absolute atomic E-state index is 11.9. The van der Waals surface area contributed by atoms with E-state index >= 15 is 0 Å². The number of anilines is 1. The lowest BCUT2D eigenvalue weighted by Gasteiger charge is -2.32. The average Bonchev–Trinajstić information content (AvgIpc) is 3.33. The lowest BCUT2D eigenvalue weighted by Crippen LogP contribution is -2.50. The predicted octanol–water partition coefficient (Wildman–Crippen LogP) is 1.54. The fourth-order valence-corrected chi connectivity index (χ4v) is 2.83. The van der Waals surface area contributed by atoms with E-state index in [0.29, 0.717) is 12.0 Å². The van der Waals surface area contributed by atoms with Crippen molar-refractivity contribution < 1.29 is 4.79 Å². The van der Waals surface area contributed by atoms with Gasteiger partial charge in [0.1, 0.15) is 0 Å². The minimum atomic E-state index is -0.0242. The molecule has 2 amide bonds. The Labute approximate surface area is 125 Å². The summed E-state index contributed by atoms with van der Waals surface area (Å²) < 4.78 is 0.